The zero-order valence-electron chi connectivity index (χ0n) is 7.74. The third-order valence-corrected chi connectivity index (χ3v) is 2.76. The van der Waals surface area contributed by atoms with Gasteiger partial charge in [-0.15, -0.1) is 0 Å². The topological polar surface area (TPSA) is 23.8 Å². The molecule has 0 N–H and O–H groups in total. The van der Waals surface area contributed by atoms with E-state index in [-0.39, 0.29) is 0 Å². The van der Waals surface area contributed by atoms with Gasteiger partial charge in [0.15, 0.2) is 0 Å². The molecule has 1 aromatic carbocycles. The number of hydrogen-bond acceptors (Lipinski definition) is 1. The van der Waals surface area contributed by atoms with E-state index in [0.29, 0.717) is 15.1 Å². The van der Waals surface area contributed by atoms with Crippen molar-refractivity contribution in [1.29, 1.82) is 5.26 Å². The molecule has 4 heteroatoms. The highest BCUT2D eigenvalue weighted by Crippen LogP contribution is 2.34. The quantitative estimate of drug-likeness (QED) is 0.759. The van der Waals surface area contributed by atoms with Crippen LogP contribution in [0.15, 0.2) is 16.6 Å². The summed E-state index contributed by atoms with van der Waals surface area (Å²) in [5, 5.41) is 9.21. The summed E-state index contributed by atoms with van der Waals surface area (Å²) < 4.78 is 14.1. The Morgan fingerprint density at radius 3 is 2.50 bits per heavy atom. The maximum atomic E-state index is 13.5. The molecule has 0 spiro atoms. The minimum Gasteiger partial charge on any atom is -0.207 e. The normalized spacial score (nSPS) is 11.1. The van der Waals surface area contributed by atoms with Crippen LogP contribution in [-0.4, -0.2) is 0 Å². The van der Waals surface area contributed by atoms with Gasteiger partial charge in [-0.25, -0.2) is 4.39 Å². The Morgan fingerprint density at radius 2 is 2.07 bits per heavy atom. The summed E-state index contributed by atoms with van der Waals surface area (Å²) >= 11 is 8.86. The Kier molecular flexibility index (Phi) is 3.18. The van der Waals surface area contributed by atoms with Crippen LogP contribution in [0.1, 0.15) is 19.4 Å². The van der Waals surface area contributed by atoms with Crippen LogP contribution in [0.3, 0.4) is 0 Å². The van der Waals surface area contributed by atoms with Crippen LogP contribution >= 0.6 is 27.5 Å². The summed E-state index contributed by atoms with van der Waals surface area (Å²) in [5.41, 5.74) is -0.530. The fourth-order valence-electron chi connectivity index (χ4n) is 1.20. The molecule has 0 bridgehead atoms. The fraction of sp³-hybridized carbons (Fsp3) is 0.300. The highest BCUT2D eigenvalue weighted by Gasteiger charge is 2.26. The van der Waals surface area contributed by atoms with E-state index in [2.05, 4.69) is 15.9 Å². The molecule has 1 nitrogen and oxygen atoms in total. The van der Waals surface area contributed by atoms with E-state index in [0.717, 1.165) is 0 Å². The predicted molar refractivity (Wildman–Crippen MR) is 57.7 cm³/mol. The lowest BCUT2D eigenvalue weighted by Gasteiger charge is -2.18. The first kappa shape index (κ1) is 11.5. The minimum atomic E-state index is -0.868. The van der Waals surface area contributed by atoms with Crippen LogP contribution in [0.5, 0.6) is 0 Å². The zero-order valence-corrected chi connectivity index (χ0v) is 10.1. The van der Waals surface area contributed by atoms with Crippen molar-refractivity contribution in [3.8, 4) is 6.07 Å². The van der Waals surface area contributed by atoms with E-state index in [4.69, 9.17) is 16.9 Å². The van der Waals surface area contributed by atoms with Crippen LogP contribution < -0.4 is 0 Å². The third kappa shape index (κ3) is 2.08. The number of rotatable bonds is 1. The molecule has 14 heavy (non-hydrogen) atoms. The summed E-state index contributed by atoms with van der Waals surface area (Å²) in [7, 11) is 0. The van der Waals surface area contributed by atoms with Gasteiger partial charge in [0.25, 0.3) is 0 Å². The Morgan fingerprint density at radius 1 is 1.50 bits per heavy atom. The lowest BCUT2D eigenvalue weighted by Crippen LogP contribution is -2.16. The molecule has 0 aromatic heterocycles. The van der Waals surface area contributed by atoms with Crippen molar-refractivity contribution in [2.75, 3.05) is 0 Å². The molecule has 0 aliphatic carbocycles. The van der Waals surface area contributed by atoms with E-state index in [1.165, 1.54) is 6.07 Å². The van der Waals surface area contributed by atoms with Gasteiger partial charge in [-0.1, -0.05) is 27.5 Å². The van der Waals surface area contributed by atoms with Crippen molar-refractivity contribution >= 4 is 27.5 Å². The molecule has 1 aromatic rings. The van der Waals surface area contributed by atoms with E-state index in [1.807, 2.05) is 6.07 Å². The van der Waals surface area contributed by atoms with Crippen LogP contribution in [0.2, 0.25) is 5.02 Å². The number of hydrogen-bond donors (Lipinski definition) is 0. The summed E-state index contributed by atoms with van der Waals surface area (Å²) in [5.74, 6) is -0.462. The molecule has 0 saturated heterocycles. The molecule has 0 saturated carbocycles. The Balaban J connectivity index is 3.44. The first-order valence-corrected chi connectivity index (χ1v) is 5.12. The number of benzene rings is 1. The minimum absolute atomic E-state index is 0.312. The van der Waals surface area contributed by atoms with Gasteiger partial charge in [0.2, 0.25) is 0 Å². The maximum Gasteiger partial charge on any atom is 0.130 e. The molecule has 0 amide bonds. The monoisotopic (exact) mass is 275 g/mol. The highest BCUT2D eigenvalue weighted by molar-refractivity contribution is 9.10. The van der Waals surface area contributed by atoms with E-state index >= 15 is 0 Å². The van der Waals surface area contributed by atoms with Crippen molar-refractivity contribution in [2.24, 2.45) is 0 Å². The van der Waals surface area contributed by atoms with Gasteiger partial charge >= 0.3 is 0 Å². The smallest absolute Gasteiger partial charge is 0.130 e. The van der Waals surface area contributed by atoms with Gasteiger partial charge in [0.05, 0.1) is 11.5 Å². The lowest BCUT2D eigenvalue weighted by atomic mass is 9.86. The molecule has 0 aliphatic heterocycles. The lowest BCUT2D eigenvalue weighted by molar-refractivity contribution is 0.562. The molecule has 0 unspecified atom stereocenters. The molecule has 0 aliphatic rings. The number of halogens is 3. The van der Waals surface area contributed by atoms with Crippen LogP contribution in [-0.2, 0) is 5.41 Å². The van der Waals surface area contributed by atoms with Gasteiger partial charge in [0.1, 0.15) is 5.82 Å². The third-order valence-electron chi connectivity index (χ3n) is 1.91. The standard InChI is InChI=1S/C10H8BrClFN/c1-10(2,5-14)9-7(11)3-6(12)4-8(9)13/h3-4H,1-2H3. The van der Waals surface area contributed by atoms with Gasteiger partial charge < -0.3 is 0 Å². The van der Waals surface area contributed by atoms with Gasteiger partial charge in [-0.2, -0.15) is 5.26 Å². The van der Waals surface area contributed by atoms with Crippen LogP contribution in [0.4, 0.5) is 4.39 Å². The summed E-state index contributed by atoms with van der Waals surface area (Å²) in [4.78, 5) is 0. The second-order valence-corrected chi connectivity index (χ2v) is 4.77. The Bertz CT molecular complexity index is 386. The van der Waals surface area contributed by atoms with Gasteiger partial charge in [0, 0.05) is 15.1 Å². The molecule has 0 fully saturated rings. The summed E-state index contributed by atoms with van der Waals surface area (Å²) in [6.07, 6.45) is 0. The fourth-order valence-corrected chi connectivity index (χ4v) is 2.46. The SMILES string of the molecule is CC(C)(C#N)c1c(F)cc(Cl)cc1Br. The Labute approximate surface area is 95.6 Å². The summed E-state index contributed by atoms with van der Waals surface area (Å²) in [6, 6.07) is 4.84. The van der Waals surface area contributed by atoms with Crippen molar-refractivity contribution in [3.63, 3.8) is 0 Å². The predicted octanol–water partition coefficient (Wildman–Crippen LogP) is 4.04. The molecule has 1 rings (SSSR count). The number of nitrogens with zero attached hydrogens (tertiary/aromatic N) is 1. The van der Waals surface area contributed by atoms with Crippen molar-refractivity contribution in [3.05, 3.63) is 33.0 Å². The maximum absolute atomic E-state index is 13.5. The summed E-state index contributed by atoms with van der Waals surface area (Å²) in [6.45, 7) is 3.31. The van der Waals surface area contributed by atoms with E-state index < -0.39 is 11.2 Å². The van der Waals surface area contributed by atoms with Crippen LogP contribution in [0.25, 0.3) is 0 Å². The van der Waals surface area contributed by atoms with Gasteiger partial charge in [-0.3, -0.25) is 0 Å². The Hall–Kier alpha value is -0.590. The van der Waals surface area contributed by atoms with Crippen molar-refractivity contribution in [2.45, 2.75) is 19.3 Å². The molecule has 0 heterocycles. The second kappa shape index (κ2) is 3.88. The molecule has 0 radical (unpaired) electrons. The highest BCUT2D eigenvalue weighted by atomic mass is 79.9. The van der Waals surface area contributed by atoms with E-state index in [9.17, 15) is 4.39 Å². The molecule has 74 valence electrons. The van der Waals surface area contributed by atoms with E-state index in [1.54, 1.807) is 19.9 Å². The molecular weight excluding hydrogens is 268 g/mol. The van der Waals surface area contributed by atoms with Gasteiger partial charge in [-0.05, 0) is 26.0 Å². The molecule has 0 atom stereocenters. The van der Waals surface area contributed by atoms with Crippen LogP contribution in [0, 0.1) is 17.1 Å². The largest absolute Gasteiger partial charge is 0.207 e. The first-order valence-electron chi connectivity index (χ1n) is 3.95. The van der Waals surface area contributed by atoms with Crippen molar-refractivity contribution < 1.29 is 4.39 Å². The zero-order chi connectivity index (χ0) is 10.9. The average Bonchev–Trinajstić information content (AvgIpc) is 2.01. The first-order chi connectivity index (χ1) is 6.38. The number of nitriles is 1. The van der Waals surface area contributed by atoms with Crippen molar-refractivity contribution in [1.82, 2.24) is 0 Å². The molecular formula is C10H8BrClFN. The second-order valence-electron chi connectivity index (χ2n) is 3.48. The average molecular weight is 277 g/mol.